The molecule has 0 aromatic heterocycles. The fraction of sp³-hybridized carbons (Fsp3) is 0.667. The van der Waals surface area contributed by atoms with E-state index < -0.39 is 14.9 Å². The van der Waals surface area contributed by atoms with Gasteiger partial charge in [-0.15, -0.1) is 0 Å². The summed E-state index contributed by atoms with van der Waals surface area (Å²) in [7, 11) is -1.67. The van der Waals surface area contributed by atoms with E-state index in [1.165, 1.54) is 27.8 Å². The topological polar surface area (TPSA) is 88.2 Å². The van der Waals surface area contributed by atoms with Crippen molar-refractivity contribution >= 4 is 21.4 Å². The first-order chi connectivity index (χ1) is 12.9. The molecule has 150 valence electrons. The fourth-order valence-electron chi connectivity index (χ4n) is 3.82. The molecular weight excluding hydrogens is 368 g/mol. The van der Waals surface area contributed by atoms with Gasteiger partial charge in [-0.2, -0.15) is 4.31 Å². The first-order valence-corrected chi connectivity index (χ1v) is 11.2. The molecule has 2 aliphatic rings. The lowest BCUT2D eigenvalue weighted by molar-refractivity contribution is -0.883. The molecule has 0 saturated carbocycles. The zero-order chi connectivity index (χ0) is 19.4. The Morgan fingerprint density at radius 3 is 2.19 bits per heavy atom. The lowest BCUT2D eigenvalue weighted by Crippen LogP contribution is -3.12. The van der Waals surface area contributed by atoms with Crippen molar-refractivity contribution in [3.63, 3.8) is 0 Å². The number of rotatable bonds is 4. The van der Waals surface area contributed by atoms with E-state index >= 15 is 0 Å². The minimum atomic E-state index is -3.70. The fourth-order valence-corrected chi connectivity index (χ4v) is 5.29. The van der Waals surface area contributed by atoms with E-state index in [2.05, 4.69) is 0 Å². The second-order valence-electron chi connectivity index (χ2n) is 7.52. The van der Waals surface area contributed by atoms with E-state index in [0.717, 1.165) is 51.9 Å². The second-order valence-corrected chi connectivity index (χ2v) is 9.46. The van der Waals surface area contributed by atoms with Gasteiger partial charge in [0.2, 0.25) is 10.0 Å². The molecule has 27 heavy (non-hydrogen) atoms. The number of nitrogens with one attached hydrogen (secondary N) is 1. The van der Waals surface area contributed by atoms with Crippen molar-refractivity contribution in [1.82, 2.24) is 4.31 Å². The maximum atomic E-state index is 12.9. The van der Waals surface area contributed by atoms with Crippen molar-refractivity contribution in [2.24, 2.45) is 0 Å². The number of anilines is 1. The van der Waals surface area contributed by atoms with Crippen LogP contribution in [-0.4, -0.2) is 64.0 Å². The zero-order valence-corrected chi connectivity index (χ0v) is 16.7. The summed E-state index contributed by atoms with van der Waals surface area (Å²) >= 11 is 0. The number of nitrogens with zero attached hydrogens (tertiary/aromatic N) is 3. The summed E-state index contributed by atoms with van der Waals surface area (Å²) in [5.74, 6) is 0. The SMILES string of the molecule is C[NH+]1CCN(S(=O)(=O)c2ccc(N3CCCCCCC3)c([N+](=O)[O-])c2)CC1. The van der Waals surface area contributed by atoms with E-state index in [1.807, 2.05) is 11.9 Å². The monoisotopic (exact) mass is 397 g/mol. The van der Waals surface area contributed by atoms with Gasteiger partial charge in [0.25, 0.3) is 5.69 Å². The van der Waals surface area contributed by atoms with Crippen LogP contribution in [0.1, 0.15) is 32.1 Å². The summed E-state index contributed by atoms with van der Waals surface area (Å²) in [6.07, 6.45) is 5.46. The Balaban J connectivity index is 1.90. The molecule has 0 bridgehead atoms. The van der Waals surface area contributed by atoms with Gasteiger partial charge in [-0.1, -0.05) is 19.3 Å². The van der Waals surface area contributed by atoms with Gasteiger partial charge in [0, 0.05) is 19.2 Å². The van der Waals surface area contributed by atoms with Crippen molar-refractivity contribution in [3.05, 3.63) is 28.3 Å². The van der Waals surface area contributed by atoms with Gasteiger partial charge < -0.3 is 9.80 Å². The summed E-state index contributed by atoms with van der Waals surface area (Å²) in [6, 6.07) is 4.39. The molecule has 3 rings (SSSR count). The Labute approximate surface area is 160 Å². The molecule has 0 amide bonds. The lowest BCUT2D eigenvalue weighted by Gasteiger charge is -2.30. The minimum absolute atomic E-state index is 0.0181. The van der Waals surface area contributed by atoms with Crippen molar-refractivity contribution in [2.75, 3.05) is 51.2 Å². The van der Waals surface area contributed by atoms with Gasteiger partial charge in [-0.05, 0) is 25.0 Å². The summed E-state index contributed by atoms with van der Waals surface area (Å²) in [5.41, 5.74) is 0.417. The van der Waals surface area contributed by atoms with Crippen LogP contribution in [0.2, 0.25) is 0 Å². The average molecular weight is 398 g/mol. The zero-order valence-electron chi connectivity index (χ0n) is 15.9. The molecule has 9 heteroatoms. The molecule has 1 aromatic carbocycles. The van der Waals surface area contributed by atoms with Crippen LogP contribution in [0.5, 0.6) is 0 Å². The van der Waals surface area contributed by atoms with Gasteiger partial charge >= 0.3 is 0 Å². The van der Waals surface area contributed by atoms with Crippen LogP contribution >= 0.6 is 0 Å². The van der Waals surface area contributed by atoms with Crippen LogP contribution in [0.4, 0.5) is 11.4 Å². The number of piperazine rings is 1. The molecule has 2 heterocycles. The van der Waals surface area contributed by atoms with Gasteiger partial charge in [0.05, 0.1) is 43.0 Å². The van der Waals surface area contributed by atoms with Crippen LogP contribution < -0.4 is 9.80 Å². The molecule has 0 spiro atoms. The average Bonchev–Trinajstić information content (AvgIpc) is 2.61. The highest BCUT2D eigenvalue weighted by Gasteiger charge is 2.31. The van der Waals surface area contributed by atoms with Gasteiger partial charge in [-0.25, -0.2) is 8.42 Å². The van der Waals surface area contributed by atoms with E-state index in [-0.39, 0.29) is 10.6 Å². The Bertz CT molecular complexity index is 768. The Kier molecular flexibility index (Phi) is 6.33. The van der Waals surface area contributed by atoms with E-state index in [4.69, 9.17) is 0 Å². The minimum Gasteiger partial charge on any atom is -0.366 e. The first kappa shape index (κ1) is 20.0. The van der Waals surface area contributed by atoms with E-state index in [0.29, 0.717) is 18.8 Å². The highest BCUT2D eigenvalue weighted by Crippen LogP contribution is 2.33. The van der Waals surface area contributed by atoms with Crippen molar-refractivity contribution in [3.8, 4) is 0 Å². The maximum Gasteiger partial charge on any atom is 0.293 e. The van der Waals surface area contributed by atoms with Gasteiger partial charge in [0.15, 0.2) is 0 Å². The van der Waals surface area contributed by atoms with Crippen LogP contribution in [0.15, 0.2) is 23.1 Å². The quantitative estimate of drug-likeness (QED) is 0.602. The third-order valence-electron chi connectivity index (χ3n) is 5.55. The predicted octanol–water partition coefficient (Wildman–Crippen LogP) is 0.884. The molecule has 1 aromatic rings. The Hall–Kier alpha value is -1.71. The Morgan fingerprint density at radius 1 is 1.00 bits per heavy atom. The molecule has 2 aliphatic heterocycles. The molecule has 2 fully saturated rings. The maximum absolute atomic E-state index is 12.9. The van der Waals surface area contributed by atoms with E-state index in [1.54, 1.807) is 6.07 Å². The molecule has 0 atom stereocenters. The number of nitro benzene ring substituents is 1. The third kappa shape index (κ3) is 4.59. The lowest BCUT2D eigenvalue weighted by atomic mass is 10.1. The van der Waals surface area contributed by atoms with Crippen molar-refractivity contribution in [1.29, 1.82) is 0 Å². The normalized spacial score (nSPS) is 20.9. The molecule has 0 aliphatic carbocycles. The Morgan fingerprint density at radius 2 is 1.59 bits per heavy atom. The van der Waals surface area contributed by atoms with Crippen molar-refractivity contribution in [2.45, 2.75) is 37.0 Å². The van der Waals surface area contributed by atoms with Gasteiger partial charge in [0.1, 0.15) is 5.69 Å². The molecule has 0 unspecified atom stereocenters. The summed E-state index contributed by atoms with van der Waals surface area (Å²) in [5, 5.41) is 11.7. The number of likely N-dealkylation sites (N-methyl/N-ethyl adjacent to an activating group) is 1. The summed E-state index contributed by atoms with van der Waals surface area (Å²) in [4.78, 5) is 14.6. The number of nitro groups is 1. The summed E-state index contributed by atoms with van der Waals surface area (Å²) in [6.45, 7) is 3.91. The predicted molar refractivity (Wildman–Crippen MR) is 104 cm³/mol. The third-order valence-corrected chi connectivity index (χ3v) is 7.45. The molecule has 0 radical (unpaired) electrons. The molecule has 1 N–H and O–H groups in total. The van der Waals surface area contributed by atoms with Gasteiger partial charge in [-0.3, -0.25) is 10.1 Å². The largest absolute Gasteiger partial charge is 0.366 e. The molecule has 2 saturated heterocycles. The molecule has 8 nitrogen and oxygen atoms in total. The van der Waals surface area contributed by atoms with Crippen LogP contribution in [0, 0.1) is 10.1 Å². The van der Waals surface area contributed by atoms with Crippen molar-refractivity contribution < 1.29 is 18.2 Å². The molecular formula is C18H29N4O4S+. The number of benzene rings is 1. The number of hydrogen-bond acceptors (Lipinski definition) is 5. The first-order valence-electron chi connectivity index (χ1n) is 9.74. The van der Waals surface area contributed by atoms with E-state index in [9.17, 15) is 18.5 Å². The summed E-state index contributed by atoms with van der Waals surface area (Å²) < 4.78 is 27.3. The number of hydrogen-bond donors (Lipinski definition) is 1. The standard InChI is InChI=1S/C18H28N4O4S/c1-19-11-13-21(14-12-19)27(25,26)16-7-8-17(18(15-16)22(23)24)20-9-5-3-2-4-6-10-20/h7-8,15H,2-6,9-14H2,1H3/p+1. The number of sulfonamides is 1. The smallest absolute Gasteiger partial charge is 0.293 e. The van der Waals surface area contributed by atoms with Crippen LogP contribution in [0.25, 0.3) is 0 Å². The second kappa shape index (κ2) is 8.53. The van der Waals surface area contributed by atoms with Crippen LogP contribution in [0.3, 0.4) is 0 Å². The number of quaternary nitrogens is 1. The highest BCUT2D eigenvalue weighted by molar-refractivity contribution is 7.89. The highest BCUT2D eigenvalue weighted by atomic mass is 32.2. The van der Waals surface area contributed by atoms with Crippen LogP contribution in [-0.2, 0) is 10.0 Å².